The van der Waals surface area contributed by atoms with Gasteiger partial charge in [-0.3, -0.25) is 14.3 Å². The Balaban J connectivity index is 1.45. The van der Waals surface area contributed by atoms with Crippen LogP contribution in [0.2, 0.25) is 5.02 Å². The summed E-state index contributed by atoms with van der Waals surface area (Å²) in [5, 5.41) is 4.87. The fourth-order valence-corrected chi connectivity index (χ4v) is 5.00. The summed E-state index contributed by atoms with van der Waals surface area (Å²) in [6.07, 6.45) is 8.89. The van der Waals surface area contributed by atoms with E-state index in [2.05, 4.69) is 32.3 Å². The molecule has 0 aliphatic carbocycles. The zero-order chi connectivity index (χ0) is 23.5. The third-order valence-corrected chi connectivity index (χ3v) is 6.84. The maximum absolute atomic E-state index is 13.5. The number of aryl methyl sites for hydroxylation is 1. The summed E-state index contributed by atoms with van der Waals surface area (Å²) in [4.78, 5) is 24.8. The molecule has 174 valence electrons. The third-order valence-electron chi connectivity index (χ3n) is 6.59. The first-order valence-electron chi connectivity index (χ1n) is 11.8. The monoisotopic (exact) mass is 473 g/mol. The first-order chi connectivity index (χ1) is 16.6. The minimum atomic E-state index is -0.0926. The molecule has 2 aromatic carbocycles. The van der Waals surface area contributed by atoms with E-state index >= 15 is 0 Å². The summed E-state index contributed by atoms with van der Waals surface area (Å²) in [5.41, 5.74) is 3.76. The van der Waals surface area contributed by atoms with Gasteiger partial charge in [-0.05, 0) is 68.2 Å². The third kappa shape index (κ3) is 4.56. The number of aromatic nitrogens is 3. The Morgan fingerprint density at radius 3 is 2.50 bits per heavy atom. The van der Waals surface area contributed by atoms with Gasteiger partial charge in [-0.15, -0.1) is 0 Å². The SMILES string of the molecule is Cc1cccc2c1c(C(=O)NCC(c1ccc(Cl)cc1)N1CCCCC1)cn2-c1ncccn1. The van der Waals surface area contributed by atoms with Crippen molar-refractivity contribution in [2.75, 3.05) is 19.6 Å². The number of amides is 1. The van der Waals surface area contributed by atoms with E-state index in [0.717, 1.165) is 34.6 Å². The van der Waals surface area contributed by atoms with E-state index in [4.69, 9.17) is 11.6 Å². The Bertz CT molecular complexity index is 1280. The van der Waals surface area contributed by atoms with Crippen molar-refractivity contribution >= 4 is 28.4 Å². The molecule has 0 spiro atoms. The molecule has 1 atom stereocenters. The molecule has 1 aliphatic heterocycles. The Hall–Kier alpha value is -3.22. The zero-order valence-corrected chi connectivity index (χ0v) is 20.0. The number of fused-ring (bicyclic) bond motifs is 1. The Morgan fingerprint density at radius 2 is 1.76 bits per heavy atom. The number of likely N-dealkylation sites (tertiary alicyclic amines) is 1. The van der Waals surface area contributed by atoms with Crippen LogP contribution in [-0.4, -0.2) is 45.0 Å². The van der Waals surface area contributed by atoms with Crippen LogP contribution in [0.15, 0.2) is 67.1 Å². The molecule has 5 rings (SSSR count). The summed E-state index contributed by atoms with van der Waals surface area (Å²) < 4.78 is 1.89. The van der Waals surface area contributed by atoms with Crippen LogP contribution in [0.25, 0.3) is 16.9 Å². The topological polar surface area (TPSA) is 63.1 Å². The maximum Gasteiger partial charge on any atom is 0.253 e. The van der Waals surface area contributed by atoms with Crippen LogP contribution in [0.4, 0.5) is 0 Å². The standard InChI is InChI=1S/C27H28ClN5O/c1-19-7-5-8-23-25(19)22(18-33(23)27-29-13-6-14-30-27)26(34)31-17-24(32-15-3-2-4-16-32)20-9-11-21(28)12-10-20/h5-14,18,24H,2-4,15-17H2,1H3,(H,31,34). The van der Waals surface area contributed by atoms with Crippen LogP contribution >= 0.6 is 11.6 Å². The van der Waals surface area contributed by atoms with Crippen molar-refractivity contribution in [1.82, 2.24) is 24.8 Å². The summed E-state index contributed by atoms with van der Waals surface area (Å²) in [7, 11) is 0. The number of rotatable bonds is 6. The maximum atomic E-state index is 13.5. The average Bonchev–Trinajstić information content (AvgIpc) is 3.27. The van der Waals surface area contributed by atoms with Crippen LogP contribution in [0.5, 0.6) is 0 Å². The summed E-state index contributed by atoms with van der Waals surface area (Å²) in [6.45, 7) is 4.63. The highest BCUT2D eigenvalue weighted by Gasteiger charge is 2.24. The minimum Gasteiger partial charge on any atom is -0.350 e. The molecule has 2 aromatic heterocycles. The largest absolute Gasteiger partial charge is 0.350 e. The van der Waals surface area contributed by atoms with E-state index in [0.29, 0.717) is 18.1 Å². The quantitative estimate of drug-likeness (QED) is 0.410. The highest BCUT2D eigenvalue weighted by atomic mass is 35.5. The smallest absolute Gasteiger partial charge is 0.253 e. The lowest BCUT2D eigenvalue weighted by atomic mass is 10.0. The first kappa shape index (κ1) is 22.6. The molecule has 4 aromatic rings. The molecule has 1 N–H and O–H groups in total. The molecule has 1 amide bonds. The average molecular weight is 474 g/mol. The van der Waals surface area contributed by atoms with Crippen molar-refractivity contribution in [1.29, 1.82) is 0 Å². The molecule has 34 heavy (non-hydrogen) atoms. The first-order valence-corrected chi connectivity index (χ1v) is 12.2. The van der Waals surface area contributed by atoms with Crippen LogP contribution in [0.3, 0.4) is 0 Å². The van der Waals surface area contributed by atoms with Crippen LogP contribution in [0, 0.1) is 6.92 Å². The van der Waals surface area contributed by atoms with E-state index < -0.39 is 0 Å². The van der Waals surface area contributed by atoms with Gasteiger partial charge in [0, 0.05) is 35.5 Å². The lowest BCUT2D eigenvalue weighted by Crippen LogP contribution is -2.40. The number of piperidine rings is 1. The summed E-state index contributed by atoms with van der Waals surface area (Å²) >= 11 is 6.14. The number of nitrogens with zero attached hydrogens (tertiary/aromatic N) is 4. The zero-order valence-electron chi connectivity index (χ0n) is 19.2. The van der Waals surface area contributed by atoms with Gasteiger partial charge in [-0.25, -0.2) is 9.97 Å². The molecule has 1 unspecified atom stereocenters. The van der Waals surface area contributed by atoms with Gasteiger partial charge >= 0.3 is 0 Å². The molecule has 6 nitrogen and oxygen atoms in total. The van der Waals surface area contributed by atoms with Crippen LogP contribution in [0.1, 0.15) is 46.8 Å². The number of nitrogens with one attached hydrogen (secondary N) is 1. The van der Waals surface area contributed by atoms with E-state index in [9.17, 15) is 4.79 Å². The second-order valence-corrected chi connectivity index (χ2v) is 9.24. The molecular formula is C27H28ClN5O. The molecule has 1 aliphatic rings. The van der Waals surface area contributed by atoms with Crippen molar-refractivity contribution in [2.45, 2.75) is 32.2 Å². The highest BCUT2D eigenvalue weighted by molar-refractivity contribution is 6.30. The Kier molecular flexibility index (Phi) is 6.61. The van der Waals surface area contributed by atoms with E-state index in [-0.39, 0.29) is 11.9 Å². The van der Waals surface area contributed by atoms with Gasteiger partial charge in [0.2, 0.25) is 5.95 Å². The van der Waals surface area contributed by atoms with Crippen molar-refractivity contribution < 1.29 is 4.79 Å². The van der Waals surface area contributed by atoms with Crippen molar-refractivity contribution in [3.05, 3.63) is 88.8 Å². The Morgan fingerprint density at radius 1 is 1.03 bits per heavy atom. The second kappa shape index (κ2) is 9.95. The van der Waals surface area contributed by atoms with Crippen LogP contribution < -0.4 is 5.32 Å². The lowest BCUT2D eigenvalue weighted by molar-refractivity contribution is 0.0926. The molecule has 0 radical (unpaired) electrons. The highest BCUT2D eigenvalue weighted by Crippen LogP contribution is 2.28. The van der Waals surface area contributed by atoms with Crippen LogP contribution in [-0.2, 0) is 0 Å². The van der Waals surface area contributed by atoms with Gasteiger partial charge in [0.1, 0.15) is 0 Å². The minimum absolute atomic E-state index is 0.0926. The van der Waals surface area contributed by atoms with Gasteiger partial charge < -0.3 is 5.32 Å². The fourth-order valence-electron chi connectivity index (χ4n) is 4.88. The molecule has 0 bridgehead atoms. The number of hydrogen-bond donors (Lipinski definition) is 1. The molecule has 1 saturated heterocycles. The Labute approximate surface area is 204 Å². The number of halogens is 1. The normalized spacial score (nSPS) is 15.4. The van der Waals surface area contributed by atoms with E-state index in [1.165, 1.54) is 24.8 Å². The van der Waals surface area contributed by atoms with Gasteiger partial charge in [0.05, 0.1) is 17.1 Å². The second-order valence-electron chi connectivity index (χ2n) is 8.80. The molecule has 3 heterocycles. The molecule has 1 fully saturated rings. The van der Waals surface area contributed by atoms with E-state index in [1.807, 2.05) is 48.0 Å². The molecule has 0 saturated carbocycles. The predicted molar refractivity (Wildman–Crippen MR) is 136 cm³/mol. The number of hydrogen-bond acceptors (Lipinski definition) is 4. The van der Waals surface area contributed by atoms with Crippen molar-refractivity contribution in [3.63, 3.8) is 0 Å². The summed E-state index contributed by atoms with van der Waals surface area (Å²) in [6, 6.07) is 15.9. The predicted octanol–water partition coefficient (Wildman–Crippen LogP) is 5.34. The van der Waals surface area contributed by atoms with E-state index in [1.54, 1.807) is 18.5 Å². The fraction of sp³-hybridized carbons (Fsp3) is 0.296. The van der Waals surface area contributed by atoms with Gasteiger partial charge in [-0.2, -0.15) is 0 Å². The lowest BCUT2D eigenvalue weighted by Gasteiger charge is -2.35. The van der Waals surface area contributed by atoms with Gasteiger partial charge in [0.15, 0.2) is 0 Å². The van der Waals surface area contributed by atoms with Gasteiger partial charge in [-0.1, -0.05) is 42.3 Å². The van der Waals surface area contributed by atoms with Gasteiger partial charge in [0.25, 0.3) is 5.91 Å². The number of carbonyl (C=O) groups excluding carboxylic acids is 1. The number of benzene rings is 2. The van der Waals surface area contributed by atoms with Crippen molar-refractivity contribution in [3.8, 4) is 5.95 Å². The summed E-state index contributed by atoms with van der Waals surface area (Å²) in [5.74, 6) is 0.453. The molecule has 7 heteroatoms. The van der Waals surface area contributed by atoms with Crippen molar-refractivity contribution in [2.24, 2.45) is 0 Å². The number of carbonyl (C=O) groups is 1. The molecular weight excluding hydrogens is 446 g/mol.